The van der Waals surface area contributed by atoms with E-state index < -0.39 is 5.82 Å². The van der Waals surface area contributed by atoms with Gasteiger partial charge in [-0.2, -0.15) is 0 Å². The molecular weight excluding hydrogens is 221 g/mol. The first-order chi connectivity index (χ1) is 8.15. The van der Waals surface area contributed by atoms with Crippen LogP contribution in [0.2, 0.25) is 0 Å². The van der Waals surface area contributed by atoms with Crippen molar-refractivity contribution in [2.75, 3.05) is 5.73 Å². The summed E-state index contributed by atoms with van der Waals surface area (Å²) >= 11 is 0. The highest BCUT2D eigenvalue weighted by Crippen LogP contribution is 2.19. The molecule has 0 saturated heterocycles. The Morgan fingerprint density at radius 3 is 2.71 bits per heavy atom. The molecule has 0 saturated carbocycles. The summed E-state index contributed by atoms with van der Waals surface area (Å²) in [5.41, 5.74) is 6.16. The van der Waals surface area contributed by atoms with Crippen LogP contribution in [-0.2, 0) is 6.61 Å². The summed E-state index contributed by atoms with van der Waals surface area (Å²) in [6, 6.07) is 11.0. The molecule has 2 rings (SSSR count). The molecule has 88 valence electrons. The zero-order valence-corrected chi connectivity index (χ0v) is 9.06. The van der Waals surface area contributed by atoms with Gasteiger partial charge >= 0.3 is 0 Å². The minimum Gasteiger partial charge on any atom is -0.508 e. The number of anilines is 1. The van der Waals surface area contributed by atoms with Crippen LogP contribution in [0.3, 0.4) is 0 Å². The van der Waals surface area contributed by atoms with Crippen LogP contribution in [0.25, 0.3) is 0 Å². The second kappa shape index (κ2) is 4.74. The van der Waals surface area contributed by atoms with E-state index in [4.69, 9.17) is 10.5 Å². The predicted octanol–water partition coefficient (Wildman–Crippen LogP) is 2.69. The number of aromatic hydroxyl groups is 1. The first-order valence-electron chi connectivity index (χ1n) is 5.11. The summed E-state index contributed by atoms with van der Waals surface area (Å²) in [6.07, 6.45) is 0. The zero-order valence-electron chi connectivity index (χ0n) is 9.06. The Bertz CT molecular complexity index is 529. The van der Waals surface area contributed by atoms with Crippen molar-refractivity contribution in [1.29, 1.82) is 0 Å². The molecule has 0 fully saturated rings. The van der Waals surface area contributed by atoms with Gasteiger partial charge in [-0.05, 0) is 29.8 Å². The van der Waals surface area contributed by atoms with Gasteiger partial charge in [-0.3, -0.25) is 0 Å². The average molecular weight is 233 g/mol. The highest BCUT2D eigenvalue weighted by atomic mass is 19.1. The van der Waals surface area contributed by atoms with Crippen molar-refractivity contribution in [3.63, 3.8) is 0 Å². The molecule has 3 nitrogen and oxygen atoms in total. The van der Waals surface area contributed by atoms with Crippen molar-refractivity contribution in [2.24, 2.45) is 0 Å². The molecule has 0 radical (unpaired) electrons. The van der Waals surface area contributed by atoms with Crippen LogP contribution < -0.4 is 10.5 Å². The van der Waals surface area contributed by atoms with Crippen molar-refractivity contribution in [1.82, 2.24) is 0 Å². The van der Waals surface area contributed by atoms with Crippen LogP contribution in [0.1, 0.15) is 5.56 Å². The maximum atomic E-state index is 13.1. The van der Waals surface area contributed by atoms with Crippen LogP contribution in [0, 0.1) is 5.82 Å². The normalized spacial score (nSPS) is 10.2. The van der Waals surface area contributed by atoms with Gasteiger partial charge in [-0.1, -0.05) is 12.1 Å². The molecular formula is C13H12FNO2. The molecule has 4 heteroatoms. The summed E-state index contributed by atoms with van der Waals surface area (Å²) in [7, 11) is 0. The topological polar surface area (TPSA) is 55.5 Å². The van der Waals surface area contributed by atoms with E-state index in [1.807, 2.05) is 0 Å². The number of ether oxygens (including phenoxy) is 1. The first kappa shape index (κ1) is 11.3. The highest BCUT2D eigenvalue weighted by molar-refractivity contribution is 5.41. The largest absolute Gasteiger partial charge is 0.508 e. The molecule has 2 aromatic carbocycles. The fourth-order valence-electron chi connectivity index (χ4n) is 1.40. The number of hydrogen-bond donors (Lipinski definition) is 2. The van der Waals surface area contributed by atoms with Gasteiger partial charge in [0, 0.05) is 6.07 Å². The Morgan fingerprint density at radius 1 is 1.18 bits per heavy atom. The number of nitrogen functional groups attached to an aromatic ring is 1. The molecule has 3 N–H and O–H groups in total. The van der Waals surface area contributed by atoms with Crippen molar-refractivity contribution in [2.45, 2.75) is 6.61 Å². The fraction of sp³-hybridized carbons (Fsp3) is 0.0769. The van der Waals surface area contributed by atoms with Gasteiger partial charge in [0.25, 0.3) is 0 Å². The molecule has 0 spiro atoms. The van der Waals surface area contributed by atoms with Crippen LogP contribution in [0.15, 0.2) is 42.5 Å². The molecule has 0 aliphatic heterocycles. The average Bonchev–Trinajstić information content (AvgIpc) is 2.31. The smallest absolute Gasteiger partial charge is 0.146 e. The lowest BCUT2D eigenvalue weighted by Crippen LogP contribution is -1.98. The SMILES string of the molecule is Nc1ccc(COc2cccc(O)c2)cc1F. The van der Waals surface area contributed by atoms with Crippen molar-refractivity contribution < 1.29 is 14.2 Å². The summed E-state index contributed by atoms with van der Waals surface area (Å²) < 4.78 is 18.5. The van der Waals surface area contributed by atoms with Gasteiger partial charge in [-0.15, -0.1) is 0 Å². The minimum atomic E-state index is -0.456. The van der Waals surface area contributed by atoms with Crippen LogP contribution in [-0.4, -0.2) is 5.11 Å². The minimum absolute atomic E-state index is 0.117. The van der Waals surface area contributed by atoms with E-state index >= 15 is 0 Å². The van der Waals surface area contributed by atoms with Crippen molar-refractivity contribution in [3.8, 4) is 11.5 Å². The number of nitrogens with two attached hydrogens (primary N) is 1. The van der Waals surface area contributed by atoms with Crippen molar-refractivity contribution >= 4 is 5.69 Å². The Kier molecular flexibility index (Phi) is 3.14. The van der Waals surface area contributed by atoms with Gasteiger partial charge < -0.3 is 15.6 Å². The summed E-state index contributed by atoms with van der Waals surface area (Å²) in [4.78, 5) is 0. The lowest BCUT2D eigenvalue weighted by Gasteiger charge is -2.07. The maximum Gasteiger partial charge on any atom is 0.146 e. The molecule has 0 heterocycles. The summed E-state index contributed by atoms with van der Waals surface area (Å²) in [5.74, 6) is 0.204. The van der Waals surface area contributed by atoms with E-state index in [0.717, 1.165) is 0 Å². The van der Waals surface area contributed by atoms with Crippen LogP contribution in [0.4, 0.5) is 10.1 Å². The third kappa shape index (κ3) is 2.87. The molecule has 0 aliphatic carbocycles. The van der Waals surface area contributed by atoms with Gasteiger partial charge in [-0.25, -0.2) is 4.39 Å². The maximum absolute atomic E-state index is 13.1. The quantitative estimate of drug-likeness (QED) is 0.801. The first-order valence-corrected chi connectivity index (χ1v) is 5.11. The fourth-order valence-corrected chi connectivity index (χ4v) is 1.40. The molecule has 2 aromatic rings. The standard InChI is InChI=1S/C13H12FNO2/c14-12-6-9(4-5-13(12)15)8-17-11-3-1-2-10(16)7-11/h1-7,16H,8,15H2. The van der Waals surface area contributed by atoms with Crippen molar-refractivity contribution in [3.05, 3.63) is 53.8 Å². The Hall–Kier alpha value is -2.23. The summed E-state index contributed by atoms with van der Waals surface area (Å²) in [5, 5.41) is 9.23. The molecule has 0 aromatic heterocycles. The van der Waals surface area contributed by atoms with Gasteiger partial charge in [0.05, 0.1) is 5.69 Å². The number of halogens is 1. The lowest BCUT2D eigenvalue weighted by molar-refractivity contribution is 0.304. The number of phenols is 1. The van der Waals surface area contributed by atoms with Gasteiger partial charge in [0.15, 0.2) is 0 Å². The number of rotatable bonds is 3. The van der Waals surface area contributed by atoms with Gasteiger partial charge in [0.2, 0.25) is 0 Å². The molecule has 0 unspecified atom stereocenters. The Balaban J connectivity index is 2.05. The lowest BCUT2D eigenvalue weighted by atomic mass is 10.2. The van der Waals surface area contributed by atoms with Gasteiger partial charge in [0.1, 0.15) is 23.9 Å². The van der Waals surface area contributed by atoms with E-state index in [1.54, 1.807) is 24.3 Å². The molecule has 0 bridgehead atoms. The van der Waals surface area contributed by atoms with E-state index in [0.29, 0.717) is 11.3 Å². The highest BCUT2D eigenvalue weighted by Gasteiger charge is 2.01. The predicted molar refractivity (Wildman–Crippen MR) is 63.3 cm³/mol. The number of phenolic OH excluding ortho intramolecular Hbond substituents is 1. The summed E-state index contributed by atoms with van der Waals surface area (Å²) in [6.45, 7) is 0.223. The Labute approximate surface area is 98.3 Å². The third-order valence-corrected chi connectivity index (χ3v) is 2.29. The second-order valence-electron chi connectivity index (χ2n) is 3.64. The Morgan fingerprint density at radius 2 is 2.00 bits per heavy atom. The molecule has 0 amide bonds. The van der Waals surface area contributed by atoms with E-state index in [2.05, 4.69) is 0 Å². The number of hydrogen-bond acceptors (Lipinski definition) is 3. The third-order valence-electron chi connectivity index (χ3n) is 2.29. The molecule has 17 heavy (non-hydrogen) atoms. The van der Waals surface area contributed by atoms with E-state index in [-0.39, 0.29) is 18.0 Å². The van der Waals surface area contributed by atoms with E-state index in [1.165, 1.54) is 18.2 Å². The zero-order chi connectivity index (χ0) is 12.3. The van der Waals surface area contributed by atoms with Crippen LogP contribution in [0.5, 0.6) is 11.5 Å². The molecule has 0 aliphatic rings. The van der Waals surface area contributed by atoms with Crippen LogP contribution >= 0.6 is 0 Å². The number of benzene rings is 2. The van der Waals surface area contributed by atoms with E-state index in [9.17, 15) is 9.50 Å². The monoisotopic (exact) mass is 233 g/mol. The molecule has 0 atom stereocenters. The second-order valence-corrected chi connectivity index (χ2v) is 3.64.